The zero-order chi connectivity index (χ0) is 10.3. The van der Waals surface area contributed by atoms with E-state index < -0.39 is 5.82 Å². The third kappa shape index (κ3) is 1.56. The van der Waals surface area contributed by atoms with Crippen LogP contribution in [-0.4, -0.2) is 4.98 Å². The van der Waals surface area contributed by atoms with Crippen molar-refractivity contribution in [3.05, 3.63) is 39.8 Å². The van der Waals surface area contributed by atoms with Crippen molar-refractivity contribution in [3.8, 4) is 0 Å². The number of hydrogen-bond acceptors (Lipinski definition) is 1. The highest BCUT2D eigenvalue weighted by Gasteiger charge is 2.08. The van der Waals surface area contributed by atoms with E-state index in [1.54, 1.807) is 13.0 Å². The van der Waals surface area contributed by atoms with Crippen LogP contribution in [0.2, 0.25) is 10.2 Å². The van der Waals surface area contributed by atoms with Gasteiger partial charge < -0.3 is 0 Å². The molecule has 0 aliphatic rings. The van der Waals surface area contributed by atoms with Crippen LogP contribution < -0.4 is 0 Å². The maximum Gasteiger partial charge on any atom is 0.149 e. The summed E-state index contributed by atoms with van der Waals surface area (Å²) in [7, 11) is 0. The first-order valence-corrected chi connectivity index (χ1v) is 4.75. The molecule has 2 rings (SSSR count). The number of pyridine rings is 1. The molecular weight excluding hydrogens is 224 g/mol. The molecule has 1 nitrogen and oxygen atoms in total. The van der Waals surface area contributed by atoms with E-state index in [-0.39, 0.29) is 10.7 Å². The summed E-state index contributed by atoms with van der Waals surface area (Å²) in [6, 6.07) is 4.69. The molecular formula is C10H6Cl2FN. The topological polar surface area (TPSA) is 12.9 Å². The molecule has 0 aliphatic carbocycles. The predicted molar refractivity (Wildman–Crippen MR) is 56.5 cm³/mol. The highest BCUT2D eigenvalue weighted by Crippen LogP contribution is 2.27. The van der Waals surface area contributed by atoms with Crippen molar-refractivity contribution in [2.24, 2.45) is 0 Å². The van der Waals surface area contributed by atoms with E-state index in [2.05, 4.69) is 4.98 Å². The Morgan fingerprint density at radius 1 is 1.21 bits per heavy atom. The zero-order valence-corrected chi connectivity index (χ0v) is 8.83. The molecule has 4 heteroatoms. The monoisotopic (exact) mass is 229 g/mol. The molecule has 0 bridgehead atoms. The minimum Gasteiger partial charge on any atom is -0.233 e. The maximum atomic E-state index is 13.4. The molecule has 0 atom stereocenters. The summed E-state index contributed by atoms with van der Waals surface area (Å²) in [4.78, 5) is 3.88. The molecule has 0 aliphatic heterocycles. The van der Waals surface area contributed by atoms with Crippen molar-refractivity contribution in [1.29, 1.82) is 0 Å². The number of hydrogen-bond donors (Lipinski definition) is 0. The van der Waals surface area contributed by atoms with Crippen LogP contribution in [0.4, 0.5) is 4.39 Å². The molecule has 1 aromatic carbocycles. The van der Waals surface area contributed by atoms with E-state index >= 15 is 0 Å². The second-order valence-corrected chi connectivity index (χ2v) is 3.86. The molecule has 0 unspecified atom stereocenters. The molecule has 14 heavy (non-hydrogen) atoms. The van der Waals surface area contributed by atoms with Gasteiger partial charge in [0, 0.05) is 5.39 Å². The van der Waals surface area contributed by atoms with Gasteiger partial charge in [0.15, 0.2) is 0 Å². The molecule has 1 heterocycles. The van der Waals surface area contributed by atoms with Crippen LogP contribution in [0.15, 0.2) is 18.2 Å². The van der Waals surface area contributed by atoms with E-state index in [1.165, 1.54) is 12.1 Å². The largest absolute Gasteiger partial charge is 0.233 e. The fourth-order valence-corrected chi connectivity index (χ4v) is 1.85. The Bertz CT molecular complexity index is 464. The Morgan fingerprint density at radius 3 is 2.64 bits per heavy atom. The van der Waals surface area contributed by atoms with E-state index in [0.29, 0.717) is 10.4 Å². The summed E-state index contributed by atoms with van der Waals surface area (Å²) in [6.07, 6.45) is 0. The lowest BCUT2D eigenvalue weighted by molar-refractivity contribution is 0.635. The van der Waals surface area contributed by atoms with Gasteiger partial charge in [-0.25, -0.2) is 9.37 Å². The van der Waals surface area contributed by atoms with Crippen LogP contribution in [0.3, 0.4) is 0 Å². The van der Waals surface area contributed by atoms with Crippen LogP contribution in [-0.2, 0) is 0 Å². The van der Waals surface area contributed by atoms with Crippen LogP contribution in [0.25, 0.3) is 10.9 Å². The van der Waals surface area contributed by atoms with Crippen molar-refractivity contribution >= 4 is 34.1 Å². The van der Waals surface area contributed by atoms with Crippen LogP contribution in [0.5, 0.6) is 0 Å². The minimum absolute atomic E-state index is 0.199. The van der Waals surface area contributed by atoms with E-state index in [9.17, 15) is 4.39 Å². The molecule has 2 aromatic rings. The first-order valence-electron chi connectivity index (χ1n) is 4.00. The van der Waals surface area contributed by atoms with E-state index in [1.807, 2.05) is 0 Å². The molecule has 0 fully saturated rings. The fourth-order valence-electron chi connectivity index (χ4n) is 1.35. The third-order valence-electron chi connectivity index (χ3n) is 1.93. The van der Waals surface area contributed by atoms with Gasteiger partial charge in [-0.2, -0.15) is 0 Å². The number of aromatic nitrogens is 1. The van der Waals surface area contributed by atoms with E-state index in [4.69, 9.17) is 23.2 Å². The molecule has 0 saturated carbocycles. The van der Waals surface area contributed by atoms with Crippen molar-refractivity contribution < 1.29 is 4.39 Å². The van der Waals surface area contributed by atoms with Gasteiger partial charge in [-0.3, -0.25) is 0 Å². The van der Waals surface area contributed by atoms with Crippen LogP contribution in [0, 0.1) is 12.7 Å². The Labute approximate surface area is 90.5 Å². The lowest BCUT2D eigenvalue weighted by Crippen LogP contribution is -1.88. The van der Waals surface area contributed by atoms with Crippen molar-refractivity contribution in [2.45, 2.75) is 6.92 Å². The standard InChI is InChI=1S/C10H6Cl2FN/c1-5-2-6-7(11)4-9(12)14-10(6)8(13)3-5/h2-4H,1H3. The average molecular weight is 230 g/mol. The molecule has 1 aromatic heterocycles. The molecule has 0 saturated heterocycles. The Kier molecular flexibility index (Phi) is 2.33. The van der Waals surface area contributed by atoms with Gasteiger partial charge in [-0.05, 0) is 30.7 Å². The Balaban J connectivity index is 2.94. The smallest absolute Gasteiger partial charge is 0.149 e. The minimum atomic E-state index is -0.399. The zero-order valence-electron chi connectivity index (χ0n) is 7.31. The molecule has 0 spiro atoms. The lowest BCUT2D eigenvalue weighted by Gasteiger charge is -2.03. The number of halogens is 3. The summed E-state index contributed by atoms with van der Waals surface area (Å²) in [6.45, 7) is 1.80. The molecule has 0 radical (unpaired) electrons. The van der Waals surface area contributed by atoms with Gasteiger partial charge >= 0.3 is 0 Å². The maximum absolute atomic E-state index is 13.4. The molecule has 0 N–H and O–H groups in total. The second kappa shape index (κ2) is 3.37. The van der Waals surface area contributed by atoms with Crippen LogP contribution in [0.1, 0.15) is 5.56 Å². The number of rotatable bonds is 0. The SMILES string of the molecule is Cc1cc(F)c2nc(Cl)cc(Cl)c2c1. The van der Waals surface area contributed by atoms with E-state index in [0.717, 1.165) is 5.56 Å². The van der Waals surface area contributed by atoms with Gasteiger partial charge in [-0.1, -0.05) is 23.2 Å². The summed E-state index contributed by atoms with van der Waals surface area (Å²) in [5, 5.41) is 1.21. The fraction of sp³-hybridized carbons (Fsp3) is 0.100. The van der Waals surface area contributed by atoms with Crippen LogP contribution >= 0.6 is 23.2 Å². The Hall–Kier alpha value is -0.860. The number of fused-ring (bicyclic) bond motifs is 1. The second-order valence-electron chi connectivity index (χ2n) is 3.07. The average Bonchev–Trinajstić information content (AvgIpc) is 2.07. The van der Waals surface area contributed by atoms with Gasteiger partial charge in [0.2, 0.25) is 0 Å². The highest BCUT2D eigenvalue weighted by molar-refractivity contribution is 6.37. The first kappa shape index (κ1) is 9.69. The van der Waals surface area contributed by atoms with Gasteiger partial charge in [0.05, 0.1) is 5.02 Å². The molecule has 72 valence electrons. The first-order chi connectivity index (χ1) is 6.58. The van der Waals surface area contributed by atoms with Crippen molar-refractivity contribution in [3.63, 3.8) is 0 Å². The quantitative estimate of drug-likeness (QED) is 0.623. The lowest BCUT2D eigenvalue weighted by atomic mass is 10.1. The Morgan fingerprint density at radius 2 is 1.93 bits per heavy atom. The normalized spacial score (nSPS) is 10.9. The van der Waals surface area contributed by atoms with Crippen molar-refractivity contribution in [2.75, 3.05) is 0 Å². The van der Waals surface area contributed by atoms with Gasteiger partial charge in [0.1, 0.15) is 16.5 Å². The molecule has 0 amide bonds. The van der Waals surface area contributed by atoms with Crippen molar-refractivity contribution in [1.82, 2.24) is 4.98 Å². The predicted octanol–water partition coefficient (Wildman–Crippen LogP) is 3.99. The third-order valence-corrected chi connectivity index (χ3v) is 2.44. The number of benzene rings is 1. The van der Waals surface area contributed by atoms with Gasteiger partial charge in [-0.15, -0.1) is 0 Å². The summed E-state index contributed by atoms with van der Waals surface area (Å²) in [5.74, 6) is -0.399. The highest BCUT2D eigenvalue weighted by atomic mass is 35.5. The number of aryl methyl sites for hydroxylation is 1. The number of nitrogens with zero attached hydrogens (tertiary/aromatic N) is 1. The summed E-state index contributed by atoms with van der Waals surface area (Å²) >= 11 is 11.6. The van der Waals surface area contributed by atoms with Gasteiger partial charge in [0.25, 0.3) is 0 Å². The summed E-state index contributed by atoms with van der Waals surface area (Å²) in [5.41, 5.74) is 1.02. The summed E-state index contributed by atoms with van der Waals surface area (Å²) < 4.78 is 13.4.